The van der Waals surface area contributed by atoms with E-state index in [1.165, 1.54) is 0 Å². The van der Waals surface area contributed by atoms with Gasteiger partial charge in [0.25, 0.3) is 5.91 Å². The zero-order valence-corrected chi connectivity index (χ0v) is 13.1. The maximum atomic E-state index is 12.3. The minimum Gasteiger partial charge on any atom is -0.497 e. The number of fused-ring (bicyclic) bond motifs is 1. The summed E-state index contributed by atoms with van der Waals surface area (Å²) >= 11 is 0. The Morgan fingerprint density at radius 2 is 2.22 bits per heavy atom. The quantitative estimate of drug-likeness (QED) is 0.786. The number of aromatic nitrogens is 1. The van der Waals surface area contributed by atoms with Crippen LogP contribution in [0.1, 0.15) is 21.7 Å². The lowest BCUT2D eigenvalue weighted by atomic mass is 10.1. The van der Waals surface area contributed by atoms with Gasteiger partial charge in [0.1, 0.15) is 11.3 Å². The Bertz CT molecular complexity index is 825. The molecule has 0 spiro atoms. The smallest absolute Gasteiger partial charge is 0.287 e. The lowest BCUT2D eigenvalue weighted by Gasteiger charge is -2.03. The van der Waals surface area contributed by atoms with Gasteiger partial charge >= 0.3 is 0 Å². The van der Waals surface area contributed by atoms with Gasteiger partial charge in [0, 0.05) is 29.9 Å². The molecule has 0 saturated carbocycles. The number of nitrogens with one attached hydrogen (secondary N) is 1. The summed E-state index contributed by atoms with van der Waals surface area (Å²) in [6.07, 6.45) is 4.26. The first-order valence-electron chi connectivity index (χ1n) is 7.43. The van der Waals surface area contributed by atoms with Gasteiger partial charge in [-0.25, -0.2) is 0 Å². The van der Waals surface area contributed by atoms with Gasteiger partial charge in [-0.2, -0.15) is 0 Å². The highest BCUT2D eigenvalue weighted by Crippen LogP contribution is 2.28. The summed E-state index contributed by atoms with van der Waals surface area (Å²) in [5.41, 5.74) is 2.58. The van der Waals surface area contributed by atoms with Gasteiger partial charge in [-0.05, 0) is 43.2 Å². The van der Waals surface area contributed by atoms with E-state index in [2.05, 4.69) is 10.3 Å². The highest BCUT2D eigenvalue weighted by atomic mass is 16.5. The highest BCUT2D eigenvalue weighted by Gasteiger charge is 2.17. The maximum Gasteiger partial charge on any atom is 0.287 e. The number of amides is 1. The van der Waals surface area contributed by atoms with Gasteiger partial charge in [-0.15, -0.1) is 0 Å². The Labute approximate surface area is 134 Å². The van der Waals surface area contributed by atoms with E-state index < -0.39 is 0 Å². The van der Waals surface area contributed by atoms with Gasteiger partial charge in [0.2, 0.25) is 0 Å². The second-order valence-electron chi connectivity index (χ2n) is 5.29. The van der Waals surface area contributed by atoms with Crippen molar-refractivity contribution in [1.82, 2.24) is 10.3 Å². The fraction of sp³-hybridized carbons (Fsp3) is 0.222. The normalized spacial score (nSPS) is 10.7. The molecule has 5 nitrogen and oxygen atoms in total. The van der Waals surface area contributed by atoms with Crippen LogP contribution in [0.15, 0.2) is 47.1 Å². The largest absolute Gasteiger partial charge is 0.497 e. The first-order valence-corrected chi connectivity index (χ1v) is 7.43. The summed E-state index contributed by atoms with van der Waals surface area (Å²) in [5.74, 6) is 0.880. The lowest BCUT2D eigenvalue weighted by Crippen LogP contribution is -2.25. The van der Waals surface area contributed by atoms with Gasteiger partial charge in [-0.1, -0.05) is 6.07 Å². The number of hydrogen-bond acceptors (Lipinski definition) is 4. The molecule has 0 aliphatic carbocycles. The topological polar surface area (TPSA) is 64.4 Å². The Hall–Kier alpha value is -2.82. The average Bonchev–Trinajstić information content (AvgIpc) is 2.92. The SMILES string of the molecule is COc1ccc2oc(C(=O)NCCc3cccnc3)c(C)c2c1. The molecule has 3 rings (SSSR count). The number of rotatable bonds is 5. The Morgan fingerprint density at radius 3 is 2.96 bits per heavy atom. The third-order valence-corrected chi connectivity index (χ3v) is 3.77. The molecule has 1 amide bonds. The Morgan fingerprint density at radius 1 is 1.35 bits per heavy atom. The molecule has 0 atom stereocenters. The number of benzene rings is 1. The molecule has 118 valence electrons. The molecule has 1 N–H and O–H groups in total. The van der Waals surface area contributed by atoms with Crippen molar-refractivity contribution < 1.29 is 13.9 Å². The molecule has 0 unspecified atom stereocenters. The molecule has 5 heteroatoms. The molecule has 0 saturated heterocycles. The summed E-state index contributed by atoms with van der Waals surface area (Å²) in [7, 11) is 1.61. The molecule has 23 heavy (non-hydrogen) atoms. The van der Waals surface area contributed by atoms with E-state index in [0.717, 1.165) is 28.7 Å². The Balaban J connectivity index is 1.72. The van der Waals surface area contributed by atoms with E-state index in [4.69, 9.17) is 9.15 Å². The molecule has 2 aromatic heterocycles. The van der Waals surface area contributed by atoms with Crippen LogP contribution in [0, 0.1) is 6.92 Å². The van der Waals surface area contributed by atoms with Crippen LogP contribution in [0.5, 0.6) is 5.75 Å². The summed E-state index contributed by atoms with van der Waals surface area (Å²) in [5, 5.41) is 3.78. The summed E-state index contributed by atoms with van der Waals surface area (Å²) in [6, 6.07) is 9.37. The minimum absolute atomic E-state index is 0.207. The van der Waals surface area contributed by atoms with Crippen molar-refractivity contribution in [2.24, 2.45) is 0 Å². The van der Waals surface area contributed by atoms with Crippen molar-refractivity contribution in [1.29, 1.82) is 0 Å². The van der Waals surface area contributed by atoms with E-state index >= 15 is 0 Å². The number of furan rings is 1. The van der Waals surface area contributed by atoms with E-state index in [-0.39, 0.29) is 5.91 Å². The number of nitrogens with zero attached hydrogens (tertiary/aromatic N) is 1. The van der Waals surface area contributed by atoms with Crippen LogP contribution in [-0.2, 0) is 6.42 Å². The van der Waals surface area contributed by atoms with Crippen molar-refractivity contribution in [3.63, 3.8) is 0 Å². The predicted molar refractivity (Wildman–Crippen MR) is 87.8 cm³/mol. The zero-order chi connectivity index (χ0) is 16.2. The van der Waals surface area contributed by atoms with E-state index in [1.807, 2.05) is 37.3 Å². The Kier molecular flexibility index (Phi) is 4.28. The zero-order valence-electron chi connectivity index (χ0n) is 13.1. The number of ether oxygens (including phenoxy) is 1. The van der Waals surface area contributed by atoms with Crippen LogP contribution >= 0.6 is 0 Å². The van der Waals surface area contributed by atoms with Crippen molar-refractivity contribution in [2.75, 3.05) is 13.7 Å². The first kappa shape index (κ1) is 15.1. The van der Waals surface area contributed by atoms with Crippen molar-refractivity contribution in [3.8, 4) is 5.75 Å². The number of carbonyl (C=O) groups is 1. The molecule has 0 fully saturated rings. The minimum atomic E-state index is -0.207. The predicted octanol–water partition coefficient (Wildman–Crippen LogP) is 3.12. The molecular formula is C18H18N2O3. The van der Waals surface area contributed by atoms with Crippen LogP contribution in [-0.4, -0.2) is 24.5 Å². The molecule has 2 heterocycles. The highest BCUT2D eigenvalue weighted by molar-refractivity contribution is 5.99. The molecule has 0 aliphatic rings. The summed E-state index contributed by atoms with van der Waals surface area (Å²) in [6.45, 7) is 2.41. The van der Waals surface area contributed by atoms with E-state index in [9.17, 15) is 4.79 Å². The molecule has 3 aromatic rings. The molecule has 0 aliphatic heterocycles. The molecular weight excluding hydrogens is 292 g/mol. The van der Waals surface area contributed by atoms with Gasteiger partial charge in [0.05, 0.1) is 7.11 Å². The number of aryl methyl sites for hydroxylation is 1. The van der Waals surface area contributed by atoms with Crippen LogP contribution < -0.4 is 10.1 Å². The average molecular weight is 310 g/mol. The monoisotopic (exact) mass is 310 g/mol. The van der Waals surface area contributed by atoms with Crippen LogP contribution in [0.25, 0.3) is 11.0 Å². The fourth-order valence-electron chi connectivity index (χ4n) is 2.49. The van der Waals surface area contributed by atoms with Crippen LogP contribution in [0.2, 0.25) is 0 Å². The van der Waals surface area contributed by atoms with Gasteiger partial charge < -0.3 is 14.5 Å². The van der Waals surface area contributed by atoms with Crippen molar-refractivity contribution in [3.05, 3.63) is 59.6 Å². The van der Waals surface area contributed by atoms with Crippen LogP contribution in [0.4, 0.5) is 0 Å². The number of pyridine rings is 1. The molecule has 0 bridgehead atoms. The van der Waals surface area contributed by atoms with E-state index in [1.54, 1.807) is 19.5 Å². The molecule has 1 aromatic carbocycles. The molecule has 0 radical (unpaired) electrons. The summed E-state index contributed by atoms with van der Waals surface area (Å²) in [4.78, 5) is 16.4. The third-order valence-electron chi connectivity index (χ3n) is 3.77. The standard InChI is InChI=1S/C18H18N2O3/c1-12-15-10-14(22-2)5-6-16(15)23-17(12)18(21)20-9-7-13-4-3-8-19-11-13/h3-6,8,10-11H,7,9H2,1-2H3,(H,20,21). The second-order valence-corrected chi connectivity index (χ2v) is 5.29. The van der Waals surface area contributed by atoms with Crippen molar-refractivity contribution in [2.45, 2.75) is 13.3 Å². The maximum absolute atomic E-state index is 12.3. The number of carbonyl (C=O) groups excluding carboxylic acids is 1. The van der Waals surface area contributed by atoms with Crippen molar-refractivity contribution >= 4 is 16.9 Å². The van der Waals surface area contributed by atoms with Gasteiger partial charge in [-0.3, -0.25) is 9.78 Å². The number of methoxy groups -OCH3 is 1. The first-order chi connectivity index (χ1) is 11.2. The summed E-state index contributed by atoms with van der Waals surface area (Å²) < 4.78 is 10.9. The fourth-order valence-corrected chi connectivity index (χ4v) is 2.49. The number of hydrogen-bond donors (Lipinski definition) is 1. The van der Waals surface area contributed by atoms with Crippen LogP contribution in [0.3, 0.4) is 0 Å². The lowest BCUT2D eigenvalue weighted by molar-refractivity contribution is 0.0928. The van der Waals surface area contributed by atoms with E-state index in [0.29, 0.717) is 17.9 Å². The van der Waals surface area contributed by atoms with Gasteiger partial charge in [0.15, 0.2) is 5.76 Å². The second kappa shape index (κ2) is 6.52. The third kappa shape index (κ3) is 3.18.